The molecule has 6 heteroatoms. The Morgan fingerprint density at radius 2 is 1.94 bits per heavy atom. The van der Waals surface area contributed by atoms with Gasteiger partial charge >= 0.3 is 6.18 Å². The summed E-state index contributed by atoms with van der Waals surface area (Å²) in [6, 6.07) is 0. The molecule has 0 aliphatic heterocycles. The third-order valence-electron chi connectivity index (χ3n) is 2.79. The Labute approximate surface area is 99.3 Å². The molecule has 1 rings (SSSR count). The molecule has 1 saturated carbocycles. The van der Waals surface area contributed by atoms with Crippen LogP contribution in [0.4, 0.5) is 13.2 Å². The van der Waals surface area contributed by atoms with E-state index in [0.29, 0.717) is 0 Å². The molecule has 0 spiro atoms. The molecule has 0 saturated heterocycles. The molecule has 0 aromatic carbocycles. The molecule has 0 radical (unpaired) electrons. The van der Waals surface area contributed by atoms with Crippen LogP contribution in [-0.4, -0.2) is 43.2 Å². The Bertz CT molecular complexity index is 205. The van der Waals surface area contributed by atoms with Crippen molar-refractivity contribution < 1.29 is 23.0 Å². The van der Waals surface area contributed by atoms with E-state index in [9.17, 15) is 18.3 Å². The van der Waals surface area contributed by atoms with E-state index in [1.54, 1.807) is 0 Å². The highest BCUT2D eigenvalue weighted by atomic mass is 19.4. The third kappa shape index (κ3) is 7.57. The summed E-state index contributed by atoms with van der Waals surface area (Å²) in [7, 11) is 0. The quantitative estimate of drug-likeness (QED) is 0.682. The maximum absolute atomic E-state index is 11.8. The number of aliphatic hydroxyl groups is 1. The van der Waals surface area contributed by atoms with Crippen LogP contribution in [0.5, 0.6) is 0 Å². The van der Waals surface area contributed by atoms with Crippen molar-refractivity contribution in [3.63, 3.8) is 0 Å². The van der Waals surface area contributed by atoms with Crippen LogP contribution in [0.1, 0.15) is 32.1 Å². The molecule has 2 N–H and O–H groups in total. The zero-order chi connectivity index (χ0) is 12.7. The van der Waals surface area contributed by atoms with E-state index in [-0.39, 0.29) is 25.8 Å². The summed E-state index contributed by atoms with van der Waals surface area (Å²) in [5.74, 6) is 0. The Morgan fingerprint density at radius 1 is 1.29 bits per heavy atom. The highest BCUT2D eigenvalue weighted by Crippen LogP contribution is 2.21. The monoisotopic (exact) mass is 255 g/mol. The molecule has 0 bridgehead atoms. The average Bonchev–Trinajstić information content (AvgIpc) is 2.73. The molecule has 1 atom stereocenters. The fraction of sp³-hybridized carbons (Fsp3) is 1.00. The van der Waals surface area contributed by atoms with Crippen molar-refractivity contribution in [1.29, 1.82) is 0 Å². The van der Waals surface area contributed by atoms with E-state index in [1.807, 2.05) is 0 Å². The van der Waals surface area contributed by atoms with Crippen molar-refractivity contribution in [3.8, 4) is 0 Å². The minimum absolute atomic E-state index is 0.142. The normalized spacial score (nSPS) is 19.8. The standard InChI is InChI=1S/C11H20F3NO2/c12-11(13,14)5-6-15-7-9(16)8-17-10-3-1-2-4-10/h9-10,15-16H,1-8H2. The summed E-state index contributed by atoms with van der Waals surface area (Å²) >= 11 is 0. The van der Waals surface area contributed by atoms with Gasteiger partial charge in [0, 0.05) is 13.1 Å². The first kappa shape index (κ1) is 14.7. The number of alkyl halides is 3. The van der Waals surface area contributed by atoms with Crippen LogP contribution < -0.4 is 5.32 Å². The van der Waals surface area contributed by atoms with Gasteiger partial charge in [0.25, 0.3) is 0 Å². The minimum Gasteiger partial charge on any atom is -0.389 e. The zero-order valence-electron chi connectivity index (χ0n) is 9.80. The van der Waals surface area contributed by atoms with Crippen molar-refractivity contribution >= 4 is 0 Å². The topological polar surface area (TPSA) is 41.5 Å². The van der Waals surface area contributed by atoms with E-state index < -0.39 is 18.7 Å². The molecule has 1 aliphatic carbocycles. The molecule has 3 nitrogen and oxygen atoms in total. The molecular weight excluding hydrogens is 235 g/mol. The van der Waals surface area contributed by atoms with Crippen LogP contribution in [0.25, 0.3) is 0 Å². The smallest absolute Gasteiger partial charge is 0.389 e. The Morgan fingerprint density at radius 3 is 2.53 bits per heavy atom. The SMILES string of the molecule is OC(CNCCC(F)(F)F)COC1CCCC1. The average molecular weight is 255 g/mol. The summed E-state index contributed by atoms with van der Waals surface area (Å²) in [6.07, 6.45) is -1.16. The Balaban J connectivity index is 1.95. The van der Waals surface area contributed by atoms with E-state index >= 15 is 0 Å². The molecule has 1 aliphatic rings. The van der Waals surface area contributed by atoms with Gasteiger partial charge in [-0.25, -0.2) is 0 Å². The lowest BCUT2D eigenvalue weighted by Crippen LogP contribution is -2.33. The summed E-state index contributed by atoms with van der Waals surface area (Å²) in [5, 5.41) is 12.0. The molecular formula is C11H20F3NO2. The van der Waals surface area contributed by atoms with Crippen LogP contribution in [0, 0.1) is 0 Å². The lowest BCUT2D eigenvalue weighted by atomic mass is 10.3. The number of hydrogen-bond acceptors (Lipinski definition) is 3. The second-order valence-corrected chi connectivity index (χ2v) is 4.46. The maximum Gasteiger partial charge on any atom is 0.390 e. The lowest BCUT2D eigenvalue weighted by Gasteiger charge is -2.16. The highest BCUT2D eigenvalue weighted by molar-refractivity contribution is 4.68. The van der Waals surface area contributed by atoms with Gasteiger partial charge < -0.3 is 15.2 Å². The number of hydrogen-bond donors (Lipinski definition) is 2. The molecule has 1 fully saturated rings. The number of aliphatic hydroxyl groups excluding tert-OH is 1. The van der Waals surface area contributed by atoms with Gasteiger partial charge in [-0.3, -0.25) is 0 Å². The zero-order valence-corrected chi connectivity index (χ0v) is 9.80. The molecule has 0 heterocycles. The summed E-state index contributed by atoms with van der Waals surface area (Å²) in [4.78, 5) is 0. The fourth-order valence-corrected chi connectivity index (χ4v) is 1.86. The summed E-state index contributed by atoms with van der Waals surface area (Å²) in [5.41, 5.74) is 0. The first-order valence-electron chi connectivity index (χ1n) is 6.04. The van der Waals surface area contributed by atoms with E-state index in [4.69, 9.17) is 4.74 Å². The molecule has 0 amide bonds. The predicted molar refractivity (Wildman–Crippen MR) is 57.8 cm³/mol. The van der Waals surface area contributed by atoms with Crippen LogP contribution in [0.2, 0.25) is 0 Å². The molecule has 0 aromatic heterocycles. The molecule has 0 aromatic rings. The minimum atomic E-state index is -4.14. The number of halogens is 3. The first-order valence-corrected chi connectivity index (χ1v) is 6.04. The van der Waals surface area contributed by atoms with Crippen LogP contribution in [0.15, 0.2) is 0 Å². The lowest BCUT2D eigenvalue weighted by molar-refractivity contribution is -0.133. The maximum atomic E-state index is 11.8. The predicted octanol–water partition coefficient (Wildman–Crippen LogP) is 1.85. The van der Waals surface area contributed by atoms with Crippen molar-refractivity contribution in [2.75, 3.05) is 19.7 Å². The fourth-order valence-electron chi connectivity index (χ4n) is 1.86. The summed E-state index contributed by atoms with van der Waals surface area (Å²) in [6.45, 7) is 0.177. The second kappa shape index (κ2) is 7.18. The van der Waals surface area contributed by atoms with E-state index in [2.05, 4.69) is 5.32 Å². The van der Waals surface area contributed by atoms with Gasteiger partial charge in [-0.2, -0.15) is 13.2 Å². The Kier molecular flexibility index (Phi) is 6.22. The van der Waals surface area contributed by atoms with Gasteiger partial charge in [-0.05, 0) is 12.8 Å². The van der Waals surface area contributed by atoms with Crippen molar-refractivity contribution in [2.45, 2.75) is 50.5 Å². The number of ether oxygens (including phenoxy) is 1. The third-order valence-corrected chi connectivity index (χ3v) is 2.79. The van der Waals surface area contributed by atoms with Crippen molar-refractivity contribution in [2.24, 2.45) is 0 Å². The first-order chi connectivity index (χ1) is 7.97. The van der Waals surface area contributed by atoms with E-state index in [0.717, 1.165) is 25.7 Å². The summed E-state index contributed by atoms with van der Waals surface area (Å²) < 4.78 is 40.9. The van der Waals surface area contributed by atoms with Gasteiger partial charge in [-0.1, -0.05) is 12.8 Å². The van der Waals surface area contributed by atoms with Gasteiger partial charge in [0.15, 0.2) is 0 Å². The van der Waals surface area contributed by atoms with Gasteiger partial charge in [0.2, 0.25) is 0 Å². The van der Waals surface area contributed by atoms with Crippen molar-refractivity contribution in [3.05, 3.63) is 0 Å². The van der Waals surface area contributed by atoms with E-state index in [1.165, 1.54) is 0 Å². The Hall–Kier alpha value is -0.330. The highest BCUT2D eigenvalue weighted by Gasteiger charge is 2.26. The van der Waals surface area contributed by atoms with Crippen LogP contribution in [0.3, 0.4) is 0 Å². The molecule has 102 valence electrons. The van der Waals surface area contributed by atoms with Crippen LogP contribution in [-0.2, 0) is 4.74 Å². The number of nitrogens with one attached hydrogen (secondary N) is 1. The largest absolute Gasteiger partial charge is 0.390 e. The molecule has 17 heavy (non-hydrogen) atoms. The van der Waals surface area contributed by atoms with Gasteiger partial charge in [0.1, 0.15) is 0 Å². The van der Waals surface area contributed by atoms with Gasteiger partial charge in [-0.15, -0.1) is 0 Å². The second-order valence-electron chi connectivity index (χ2n) is 4.46. The van der Waals surface area contributed by atoms with Crippen molar-refractivity contribution in [1.82, 2.24) is 5.32 Å². The van der Waals surface area contributed by atoms with Crippen LogP contribution >= 0.6 is 0 Å². The van der Waals surface area contributed by atoms with Gasteiger partial charge in [0.05, 0.1) is 25.2 Å². The number of rotatable bonds is 7. The molecule has 1 unspecified atom stereocenters.